The number of aryl methyl sites for hydroxylation is 1. The Balaban J connectivity index is 2.17. The van der Waals surface area contributed by atoms with Crippen LogP contribution in [0.4, 0.5) is 0 Å². The molecular weight excluding hydrogens is 286 g/mol. The van der Waals surface area contributed by atoms with Gasteiger partial charge in [-0.15, -0.1) is 11.6 Å². The number of amides is 1. The zero-order valence-electron chi connectivity index (χ0n) is 12.8. The Hall–Kier alpha value is -1.55. The van der Waals surface area contributed by atoms with E-state index in [1.54, 1.807) is 0 Å². The SMILES string of the molecule is CCC(C)NC(=O)CCn1c(C(C)Cl)nc2ccccc21. The smallest absolute Gasteiger partial charge is 0.221 e. The van der Waals surface area contributed by atoms with Crippen LogP contribution in [0.2, 0.25) is 0 Å². The number of para-hydroxylation sites is 2. The van der Waals surface area contributed by atoms with Crippen LogP contribution in [0.15, 0.2) is 24.3 Å². The van der Waals surface area contributed by atoms with Crippen LogP contribution in [0.1, 0.15) is 44.8 Å². The summed E-state index contributed by atoms with van der Waals surface area (Å²) in [5, 5.41) is 2.80. The molecule has 0 bridgehead atoms. The molecule has 21 heavy (non-hydrogen) atoms. The highest BCUT2D eigenvalue weighted by molar-refractivity contribution is 6.20. The topological polar surface area (TPSA) is 46.9 Å². The van der Waals surface area contributed by atoms with Gasteiger partial charge in [0.1, 0.15) is 5.82 Å². The quantitative estimate of drug-likeness (QED) is 0.828. The van der Waals surface area contributed by atoms with Gasteiger partial charge < -0.3 is 9.88 Å². The Labute approximate surface area is 130 Å². The molecule has 0 radical (unpaired) electrons. The van der Waals surface area contributed by atoms with Crippen LogP contribution in [0.25, 0.3) is 11.0 Å². The fourth-order valence-corrected chi connectivity index (χ4v) is 2.46. The molecule has 2 atom stereocenters. The van der Waals surface area contributed by atoms with Crippen LogP contribution >= 0.6 is 11.6 Å². The van der Waals surface area contributed by atoms with Crippen LogP contribution in [0.3, 0.4) is 0 Å². The summed E-state index contributed by atoms with van der Waals surface area (Å²) in [7, 11) is 0. The Kier molecular flexibility index (Phi) is 5.23. The minimum absolute atomic E-state index is 0.0651. The third-order valence-corrected chi connectivity index (χ3v) is 3.82. The number of fused-ring (bicyclic) bond motifs is 1. The molecule has 0 saturated carbocycles. The van der Waals surface area contributed by atoms with Gasteiger partial charge in [0, 0.05) is 19.0 Å². The third kappa shape index (κ3) is 3.76. The van der Waals surface area contributed by atoms with Crippen molar-refractivity contribution in [2.75, 3.05) is 0 Å². The maximum Gasteiger partial charge on any atom is 0.221 e. The average molecular weight is 308 g/mol. The second-order valence-electron chi connectivity index (χ2n) is 5.35. The molecule has 0 aliphatic rings. The monoisotopic (exact) mass is 307 g/mol. The van der Waals surface area contributed by atoms with Crippen molar-refractivity contribution >= 4 is 28.5 Å². The minimum atomic E-state index is -0.185. The second-order valence-corrected chi connectivity index (χ2v) is 6.01. The van der Waals surface area contributed by atoms with Gasteiger partial charge in [0.05, 0.1) is 16.4 Å². The van der Waals surface area contributed by atoms with E-state index in [2.05, 4.69) is 17.2 Å². The number of carbonyl (C=O) groups excluding carboxylic acids is 1. The molecule has 0 aliphatic heterocycles. The Morgan fingerprint density at radius 3 is 2.76 bits per heavy atom. The van der Waals surface area contributed by atoms with Crippen molar-refractivity contribution in [3.63, 3.8) is 0 Å². The number of nitrogens with one attached hydrogen (secondary N) is 1. The molecule has 1 aromatic heterocycles. The van der Waals surface area contributed by atoms with Crippen molar-refractivity contribution in [1.29, 1.82) is 0 Å². The third-order valence-electron chi connectivity index (χ3n) is 3.62. The van der Waals surface area contributed by atoms with E-state index in [-0.39, 0.29) is 17.3 Å². The van der Waals surface area contributed by atoms with Crippen LogP contribution in [-0.2, 0) is 11.3 Å². The lowest BCUT2D eigenvalue weighted by Crippen LogP contribution is -2.32. The van der Waals surface area contributed by atoms with Crippen molar-refractivity contribution < 1.29 is 4.79 Å². The van der Waals surface area contributed by atoms with Crippen LogP contribution < -0.4 is 5.32 Å². The van der Waals surface area contributed by atoms with Crippen molar-refractivity contribution in [1.82, 2.24) is 14.9 Å². The molecule has 2 unspecified atom stereocenters. The van der Waals surface area contributed by atoms with Gasteiger partial charge in [-0.3, -0.25) is 4.79 Å². The number of hydrogen-bond donors (Lipinski definition) is 1. The van der Waals surface area contributed by atoms with Gasteiger partial charge in [-0.2, -0.15) is 0 Å². The van der Waals surface area contributed by atoms with Gasteiger partial charge in [-0.05, 0) is 32.4 Å². The summed E-state index contributed by atoms with van der Waals surface area (Å²) in [6.45, 7) is 6.56. The van der Waals surface area contributed by atoms with Gasteiger partial charge in [-0.1, -0.05) is 19.1 Å². The van der Waals surface area contributed by atoms with E-state index in [0.29, 0.717) is 13.0 Å². The summed E-state index contributed by atoms with van der Waals surface area (Å²) in [5.41, 5.74) is 1.94. The first kappa shape index (κ1) is 15.8. The number of aromatic nitrogens is 2. The summed E-state index contributed by atoms with van der Waals surface area (Å²) < 4.78 is 2.04. The molecule has 1 heterocycles. The molecule has 0 fully saturated rings. The largest absolute Gasteiger partial charge is 0.354 e. The highest BCUT2D eigenvalue weighted by atomic mass is 35.5. The lowest BCUT2D eigenvalue weighted by molar-refractivity contribution is -0.121. The summed E-state index contributed by atoms with van der Waals surface area (Å²) >= 11 is 6.22. The summed E-state index contributed by atoms with van der Waals surface area (Å²) in [5.74, 6) is 0.879. The first-order valence-electron chi connectivity index (χ1n) is 7.41. The highest BCUT2D eigenvalue weighted by Crippen LogP contribution is 2.24. The molecule has 0 saturated heterocycles. The van der Waals surface area contributed by atoms with Crippen LogP contribution in [0.5, 0.6) is 0 Å². The number of rotatable bonds is 6. The number of halogens is 1. The molecule has 1 aromatic carbocycles. The normalized spacial score (nSPS) is 14.1. The molecule has 1 N–H and O–H groups in total. The predicted octanol–water partition coefficient (Wildman–Crippen LogP) is 3.64. The highest BCUT2D eigenvalue weighted by Gasteiger charge is 2.15. The first-order chi connectivity index (χ1) is 10.0. The van der Waals surface area contributed by atoms with Crippen molar-refractivity contribution in [3.05, 3.63) is 30.1 Å². The van der Waals surface area contributed by atoms with Gasteiger partial charge >= 0.3 is 0 Å². The molecule has 5 heteroatoms. The van der Waals surface area contributed by atoms with Crippen LogP contribution in [0, 0.1) is 0 Å². The first-order valence-corrected chi connectivity index (χ1v) is 7.85. The maximum absolute atomic E-state index is 11.9. The Morgan fingerprint density at radius 2 is 2.10 bits per heavy atom. The van der Waals surface area contributed by atoms with E-state index in [9.17, 15) is 4.79 Å². The molecule has 0 aliphatic carbocycles. The van der Waals surface area contributed by atoms with E-state index in [0.717, 1.165) is 23.3 Å². The van der Waals surface area contributed by atoms with E-state index < -0.39 is 0 Å². The minimum Gasteiger partial charge on any atom is -0.354 e. The lowest BCUT2D eigenvalue weighted by Gasteiger charge is -2.13. The standard InChI is InChI=1S/C16H22ClN3O/c1-4-11(2)18-15(21)9-10-20-14-8-6-5-7-13(14)19-16(20)12(3)17/h5-8,11-12H,4,9-10H2,1-3H3,(H,18,21). The lowest BCUT2D eigenvalue weighted by atomic mass is 10.2. The van der Waals surface area contributed by atoms with Gasteiger partial charge in [0.2, 0.25) is 5.91 Å². The van der Waals surface area contributed by atoms with Crippen molar-refractivity contribution in [3.8, 4) is 0 Å². The summed E-state index contributed by atoms with van der Waals surface area (Å²) in [4.78, 5) is 16.5. The number of imidazole rings is 1. The van der Waals surface area contributed by atoms with E-state index >= 15 is 0 Å². The molecular formula is C16H22ClN3O. The summed E-state index contributed by atoms with van der Waals surface area (Å²) in [6.07, 6.45) is 1.37. The average Bonchev–Trinajstić information content (AvgIpc) is 2.84. The van der Waals surface area contributed by atoms with Gasteiger partial charge in [0.15, 0.2) is 0 Å². The van der Waals surface area contributed by atoms with E-state index in [1.165, 1.54) is 0 Å². The van der Waals surface area contributed by atoms with Crippen molar-refractivity contribution in [2.24, 2.45) is 0 Å². The summed E-state index contributed by atoms with van der Waals surface area (Å²) in [6, 6.07) is 8.12. The van der Waals surface area contributed by atoms with Crippen LogP contribution in [-0.4, -0.2) is 21.5 Å². The molecule has 114 valence electrons. The second kappa shape index (κ2) is 6.94. The van der Waals surface area contributed by atoms with E-state index in [4.69, 9.17) is 11.6 Å². The fraction of sp³-hybridized carbons (Fsp3) is 0.500. The van der Waals surface area contributed by atoms with Crippen molar-refractivity contribution in [2.45, 2.75) is 51.6 Å². The maximum atomic E-state index is 11.9. The zero-order chi connectivity index (χ0) is 15.4. The van der Waals surface area contributed by atoms with Gasteiger partial charge in [-0.25, -0.2) is 4.98 Å². The number of alkyl halides is 1. The predicted molar refractivity (Wildman–Crippen MR) is 86.5 cm³/mol. The fourth-order valence-electron chi connectivity index (χ4n) is 2.30. The van der Waals surface area contributed by atoms with Gasteiger partial charge in [0.25, 0.3) is 0 Å². The molecule has 0 spiro atoms. The number of carbonyl (C=O) groups is 1. The zero-order valence-corrected chi connectivity index (χ0v) is 13.5. The Bertz CT molecular complexity index is 621. The number of benzene rings is 1. The molecule has 1 amide bonds. The number of hydrogen-bond acceptors (Lipinski definition) is 2. The van der Waals surface area contributed by atoms with E-state index in [1.807, 2.05) is 42.7 Å². The molecule has 4 nitrogen and oxygen atoms in total. The molecule has 2 rings (SSSR count). The number of nitrogens with zero attached hydrogens (tertiary/aromatic N) is 2. The molecule has 2 aromatic rings. The Morgan fingerprint density at radius 1 is 1.38 bits per heavy atom.